The monoisotopic (exact) mass is 171 g/mol. The Labute approximate surface area is 100 Å². The summed E-state index contributed by atoms with van der Waals surface area (Å²) in [6.45, 7) is 0. The fourth-order valence-corrected chi connectivity index (χ4v) is 0.262. The minimum Gasteiger partial charge on any atom is -0.665 e. The van der Waals surface area contributed by atoms with Gasteiger partial charge in [0.15, 0.2) is 0 Å². The van der Waals surface area contributed by atoms with E-state index in [9.17, 15) is 9.59 Å². The Morgan fingerprint density at radius 2 is 1.80 bits per heavy atom. The normalized spacial score (nSPS) is 11.3. The Bertz CT molecular complexity index is 137. The minimum atomic E-state index is -1.54. The van der Waals surface area contributed by atoms with Crippen LogP contribution in [0.25, 0.3) is 5.73 Å². The minimum absolute atomic E-state index is 0. The van der Waals surface area contributed by atoms with Gasteiger partial charge >= 0.3 is 57.4 Å². The number of hydrogen-bond acceptors (Lipinski definition) is 2. The topological polar surface area (TPSA) is 98.4 Å². The van der Waals surface area contributed by atoms with Crippen LogP contribution in [0, 0.1) is 0 Å². The Hall–Kier alpha value is 0.536. The molecule has 0 saturated heterocycles. The summed E-state index contributed by atoms with van der Waals surface area (Å²) in [5.74, 6) is -2.67. The first kappa shape index (κ1) is 13.1. The van der Waals surface area contributed by atoms with Gasteiger partial charge in [-0.15, -0.1) is 0 Å². The molecule has 0 aliphatic rings. The van der Waals surface area contributed by atoms with E-state index in [0.29, 0.717) is 0 Å². The quantitative estimate of drug-likeness (QED) is 0.441. The molecule has 6 heteroatoms. The van der Waals surface area contributed by atoms with E-state index in [1.54, 1.807) is 0 Å². The molecule has 0 radical (unpaired) electrons. The average molecular weight is 171 g/mol. The fourth-order valence-electron chi connectivity index (χ4n) is 0.262. The molecule has 0 aromatic heterocycles. The SMILES string of the molecule is [K+].[NH-]C(CC(=O)O)C(=O)O. The molecule has 0 heterocycles. The average Bonchev–Trinajstić information content (AvgIpc) is 1.63. The molecule has 1 unspecified atom stereocenters. The largest absolute Gasteiger partial charge is 1.00 e. The number of carboxylic acids is 2. The van der Waals surface area contributed by atoms with Crippen LogP contribution in [0.15, 0.2) is 0 Å². The van der Waals surface area contributed by atoms with Crippen molar-refractivity contribution in [3.63, 3.8) is 0 Å². The number of carbonyl (C=O) groups is 2. The number of hydrogen-bond donors (Lipinski definition) is 2. The molecule has 0 rings (SSSR count). The third-order valence-corrected chi connectivity index (χ3v) is 0.677. The molecular formula is C4H6KNO4. The standard InChI is InChI=1S/C4H6NO4.K/c5-2(4(8)9)1-3(6)7;/h2,5H,1H2,(H,6,7)(H,8,9);/q-1;+1. The van der Waals surface area contributed by atoms with Crippen molar-refractivity contribution in [1.82, 2.24) is 0 Å². The molecule has 1 atom stereocenters. The summed E-state index contributed by atoms with van der Waals surface area (Å²) in [5, 5.41) is 15.9. The van der Waals surface area contributed by atoms with Crippen LogP contribution in [0.4, 0.5) is 0 Å². The van der Waals surface area contributed by atoms with Gasteiger partial charge in [-0.05, 0) is 6.04 Å². The van der Waals surface area contributed by atoms with Crippen molar-refractivity contribution in [2.45, 2.75) is 12.5 Å². The van der Waals surface area contributed by atoms with E-state index in [0.717, 1.165) is 0 Å². The summed E-state index contributed by atoms with van der Waals surface area (Å²) < 4.78 is 0. The molecule has 0 amide bonds. The zero-order valence-electron chi connectivity index (χ0n) is 5.50. The first-order valence-electron chi connectivity index (χ1n) is 2.19. The molecule has 10 heavy (non-hydrogen) atoms. The van der Waals surface area contributed by atoms with Gasteiger partial charge in [0.1, 0.15) is 0 Å². The molecule has 0 saturated carbocycles. The number of rotatable bonds is 3. The Morgan fingerprint density at radius 1 is 1.40 bits per heavy atom. The van der Waals surface area contributed by atoms with Crippen molar-refractivity contribution in [1.29, 1.82) is 0 Å². The molecule has 3 N–H and O–H groups in total. The van der Waals surface area contributed by atoms with Gasteiger partial charge in [-0.2, -0.15) is 0 Å². The number of nitrogens with one attached hydrogen (secondary N) is 1. The molecule has 0 bridgehead atoms. The van der Waals surface area contributed by atoms with E-state index < -0.39 is 24.4 Å². The van der Waals surface area contributed by atoms with Gasteiger partial charge in [0.2, 0.25) is 0 Å². The van der Waals surface area contributed by atoms with Gasteiger partial charge in [0.05, 0.1) is 0 Å². The van der Waals surface area contributed by atoms with E-state index in [-0.39, 0.29) is 51.4 Å². The van der Waals surface area contributed by atoms with Crippen LogP contribution < -0.4 is 51.4 Å². The summed E-state index contributed by atoms with van der Waals surface area (Å²) in [4.78, 5) is 19.5. The first-order valence-corrected chi connectivity index (χ1v) is 2.19. The van der Waals surface area contributed by atoms with Crippen molar-refractivity contribution in [3.8, 4) is 0 Å². The molecule has 0 aliphatic carbocycles. The van der Waals surface area contributed by atoms with E-state index in [1.807, 2.05) is 0 Å². The molecular weight excluding hydrogens is 165 g/mol. The van der Waals surface area contributed by atoms with Crippen LogP contribution in [-0.2, 0) is 9.59 Å². The van der Waals surface area contributed by atoms with Gasteiger partial charge in [-0.3, -0.25) is 9.59 Å². The van der Waals surface area contributed by atoms with E-state index in [1.165, 1.54) is 0 Å². The Kier molecular flexibility index (Phi) is 8.23. The fraction of sp³-hybridized carbons (Fsp3) is 0.500. The van der Waals surface area contributed by atoms with Crippen molar-refractivity contribution in [3.05, 3.63) is 5.73 Å². The molecule has 0 spiro atoms. The van der Waals surface area contributed by atoms with Gasteiger partial charge < -0.3 is 15.9 Å². The maximum Gasteiger partial charge on any atom is 1.00 e. The molecule has 0 aromatic carbocycles. The predicted octanol–water partition coefficient (Wildman–Crippen LogP) is -3.03. The van der Waals surface area contributed by atoms with Crippen molar-refractivity contribution < 1.29 is 71.2 Å². The Balaban J connectivity index is 0. The second-order valence-corrected chi connectivity index (χ2v) is 1.49. The van der Waals surface area contributed by atoms with Crippen LogP contribution in [-0.4, -0.2) is 28.2 Å². The zero-order valence-corrected chi connectivity index (χ0v) is 8.62. The van der Waals surface area contributed by atoms with Crippen LogP contribution in [0.5, 0.6) is 0 Å². The zero-order chi connectivity index (χ0) is 7.44. The summed E-state index contributed by atoms with van der Waals surface area (Å²) in [6.07, 6.45) is -0.644. The van der Waals surface area contributed by atoms with Gasteiger partial charge in [-0.1, -0.05) is 0 Å². The second kappa shape index (κ2) is 6.26. The van der Waals surface area contributed by atoms with Crippen LogP contribution >= 0.6 is 0 Å². The van der Waals surface area contributed by atoms with Crippen molar-refractivity contribution >= 4 is 11.9 Å². The molecule has 5 nitrogen and oxygen atoms in total. The number of aliphatic carboxylic acids is 2. The van der Waals surface area contributed by atoms with Gasteiger partial charge in [0.25, 0.3) is 5.97 Å². The molecule has 0 aromatic rings. The van der Waals surface area contributed by atoms with Gasteiger partial charge in [-0.25, -0.2) is 0 Å². The van der Waals surface area contributed by atoms with Crippen LogP contribution in [0.1, 0.15) is 6.42 Å². The van der Waals surface area contributed by atoms with E-state index in [2.05, 4.69) is 0 Å². The molecule has 0 aliphatic heterocycles. The maximum atomic E-state index is 9.78. The maximum absolute atomic E-state index is 9.78. The van der Waals surface area contributed by atoms with Gasteiger partial charge in [0, 0.05) is 6.42 Å². The summed E-state index contributed by atoms with van der Waals surface area (Å²) in [5.41, 5.74) is 6.58. The number of carboxylic acid groups (broad SMARTS) is 2. The first-order chi connectivity index (χ1) is 4.04. The van der Waals surface area contributed by atoms with Crippen LogP contribution in [0.2, 0.25) is 0 Å². The van der Waals surface area contributed by atoms with Crippen LogP contribution in [0.3, 0.4) is 0 Å². The van der Waals surface area contributed by atoms with E-state index in [4.69, 9.17) is 15.9 Å². The predicted molar refractivity (Wildman–Crippen MR) is 28.0 cm³/mol. The van der Waals surface area contributed by atoms with E-state index >= 15 is 0 Å². The summed E-state index contributed by atoms with van der Waals surface area (Å²) >= 11 is 0. The van der Waals surface area contributed by atoms with Crippen molar-refractivity contribution in [2.75, 3.05) is 0 Å². The third-order valence-electron chi connectivity index (χ3n) is 0.677. The molecule has 0 fully saturated rings. The molecule has 52 valence electrons. The van der Waals surface area contributed by atoms with Crippen molar-refractivity contribution in [2.24, 2.45) is 0 Å². The smallest absolute Gasteiger partial charge is 0.665 e. The summed E-state index contributed by atoms with van der Waals surface area (Å²) in [7, 11) is 0. The second-order valence-electron chi connectivity index (χ2n) is 1.49. The Morgan fingerprint density at radius 3 is 1.90 bits per heavy atom. The third kappa shape index (κ3) is 6.65. The summed E-state index contributed by atoms with van der Waals surface area (Å²) in [6, 6.07) is -1.54.